The van der Waals surface area contributed by atoms with Crippen LogP contribution in [0.25, 0.3) is 10.9 Å². The second-order valence-electron chi connectivity index (χ2n) is 6.05. The third-order valence-electron chi connectivity index (χ3n) is 4.45. The summed E-state index contributed by atoms with van der Waals surface area (Å²) in [7, 11) is 0. The first kappa shape index (κ1) is 15.1. The van der Waals surface area contributed by atoms with Crippen molar-refractivity contribution in [2.45, 2.75) is 37.6 Å². The van der Waals surface area contributed by atoms with Gasteiger partial charge in [0.1, 0.15) is 5.82 Å². The molecule has 22 heavy (non-hydrogen) atoms. The smallest absolute Gasteiger partial charge is 0.261 e. The van der Waals surface area contributed by atoms with E-state index in [4.69, 9.17) is 9.72 Å². The predicted molar refractivity (Wildman–Crippen MR) is 97.5 cm³/mol. The van der Waals surface area contributed by atoms with Crippen LogP contribution in [0.4, 0.5) is 0 Å². The van der Waals surface area contributed by atoms with E-state index in [0.717, 1.165) is 63.7 Å². The van der Waals surface area contributed by atoms with Gasteiger partial charge < -0.3 is 4.74 Å². The lowest BCUT2D eigenvalue weighted by atomic mass is 9.98. The van der Waals surface area contributed by atoms with E-state index in [1.165, 1.54) is 0 Å². The van der Waals surface area contributed by atoms with E-state index < -0.39 is 0 Å². The van der Waals surface area contributed by atoms with E-state index in [0.29, 0.717) is 12.0 Å². The van der Waals surface area contributed by atoms with Gasteiger partial charge in [-0.3, -0.25) is 9.36 Å². The number of rotatable bonds is 2. The van der Waals surface area contributed by atoms with Crippen LogP contribution >= 0.6 is 38.5 Å². The van der Waals surface area contributed by atoms with Gasteiger partial charge in [0.2, 0.25) is 0 Å². The Bertz CT molecular complexity index is 795. The molecule has 0 N–H and O–H groups in total. The molecular formula is C16H16BrIN2O2. The predicted octanol–water partition coefficient (Wildman–Crippen LogP) is 3.99. The molecule has 0 atom stereocenters. The van der Waals surface area contributed by atoms with Crippen molar-refractivity contribution in [1.82, 2.24) is 9.55 Å². The quantitative estimate of drug-likeness (QED) is 0.618. The molecule has 4 nitrogen and oxygen atoms in total. The Hall–Kier alpha value is -0.470. The number of nitrogens with zero attached hydrogens (tertiary/aromatic N) is 2. The molecule has 6 heteroatoms. The van der Waals surface area contributed by atoms with Gasteiger partial charge in [0.25, 0.3) is 5.56 Å². The third-order valence-corrected chi connectivity index (χ3v) is 5.73. The summed E-state index contributed by atoms with van der Waals surface area (Å²) in [5, 5.41) is 0.724. The molecule has 2 heterocycles. The summed E-state index contributed by atoms with van der Waals surface area (Å²) in [6.45, 7) is 1.53. The molecule has 0 spiro atoms. The first-order valence-electron chi connectivity index (χ1n) is 7.64. The van der Waals surface area contributed by atoms with Gasteiger partial charge in [-0.2, -0.15) is 0 Å². The molecule has 1 aliphatic heterocycles. The first-order valence-corrected chi connectivity index (χ1v) is 9.51. The van der Waals surface area contributed by atoms with E-state index in [1.54, 1.807) is 0 Å². The Morgan fingerprint density at radius 3 is 2.64 bits per heavy atom. The lowest BCUT2D eigenvalue weighted by Gasteiger charge is -2.25. The number of hydrogen-bond acceptors (Lipinski definition) is 3. The van der Waals surface area contributed by atoms with Crippen molar-refractivity contribution in [3.05, 3.63) is 36.4 Å². The van der Waals surface area contributed by atoms with Gasteiger partial charge in [-0.15, -0.1) is 0 Å². The van der Waals surface area contributed by atoms with E-state index in [-0.39, 0.29) is 5.56 Å². The van der Waals surface area contributed by atoms with Gasteiger partial charge in [0.05, 0.1) is 10.9 Å². The van der Waals surface area contributed by atoms with Crippen LogP contribution < -0.4 is 5.56 Å². The summed E-state index contributed by atoms with van der Waals surface area (Å²) < 4.78 is 9.40. The number of halogens is 2. The van der Waals surface area contributed by atoms with Gasteiger partial charge in [0, 0.05) is 33.2 Å². The number of hydrogen-bond donors (Lipinski definition) is 0. The SMILES string of the molecule is O=c1c2cc(Br)cc(I)c2nc(C2CCOCC2)n1C1CC1. The monoisotopic (exact) mass is 474 g/mol. The van der Waals surface area contributed by atoms with E-state index in [1.807, 2.05) is 16.7 Å². The lowest BCUT2D eigenvalue weighted by molar-refractivity contribution is 0.0825. The van der Waals surface area contributed by atoms with Crippen molar-refractivity contribution in [3.63, 3.8) is 0 Å². The van der Waals surface area contributed by atoms with Crippen LogP contribution in [0.2, 0.25) is 0 Å². The third kappa shape index (κ3) is 2.63. The van der Waals surface area contributed by atoms with Crippen LogP contribution in [0.1, 0.15) is 43.5 Å². The lowest BCUT2D eigenvalue weighted by Crippen LogP contribution is -2.29. The largest absolute Gasteiger partial charge is 0.381 e. The normalized spacial score (nSPS) is 19.7. The van der Waals surface area contributed by atoms with Crippen LogP contribution in [0, 0.1) is 3.57 Å². The molecule has 0 radical (unpaired) electrons. The van der Waals surface area contributed by atoms with Crippen LogP contribution in [-0.4, -0.2) is 22.8 Å². The number of fused-ring (bicyclic) bond motifs is 1. The Kier molecular flexibility index (Phi) is 4.02. The molecule has 1 aromatic heterocycles. The van der Waals surface area contributed by atoms with E-state index >= 15 is 0 Å². The van der Waals surface area contributed by atoms with Crippen molar-refractivity contribution >= 4 is 49.4 Å². The Labute approximate surface area is 150 Å². The molecule has 1 saturated heterocycles. The Morgan fingerprint density at radius 1 is 1.23 bits per heavy atom. The number of benzene rings is 1. The van der Waals surface area contributed by atoms with Crippen molar-refractivity contribution in [3.8, 4) is 0 Å². The van der Waals surface area contributed by atoms with Gasteiger partial charge in [-0.05, 0) is 60.4 Å². The van der Waals surface area contributed by atoms with Gasteiger partial charge in [0.15, 0.2) is 0 Å². The van der Waals surface area contributed by atoms with Gasteiger partial charge >= 0.3 is 0 Å². The average Bonchev–Trinajstić information content (AvgIpc) is 3.33. The zero-order valence-electron chi connectivity index (χ0n) is 12.0. The molecule has 0 unspecified atom stereocenters. The van der Waals surface area contributed by atoms with Crippen LogP contribution in [0.15, 0.2) is 21.4 Å². The second kappa shape index (κ2) is 5.87. The highest BCUT2D eigenvalue weighted by atomic mass is 127. The Morgan fingerprint density at radius 2 is 1.95 bits per heavy atom. The Balaban J connectivity index is 1.98. The fourth-order valence-electron chi connectivity index (χ4n) is 3.17. The summed E-state index contributed by atoms with van der Waals surface area (Å²) in [5.41, 5.74) is 0.959. The minimum absolute atomic E-state index is 0.119. The molecular weight excluding hydrogens is 459 g/mol. The summed E-state index contributed by atoms with van der Waals surface area (Å²) >= 11 is 5.76. The van der Waals surface area contributed by atoms with Crippen molar-refractivity contribution < 1.29 is 4.74 Å². The molecule has 1 aromatic carbocycles. The summed E-state index contributed by atoms with van der Waals surface area (Å²) in [4.78, 5) is 18.0. The van der Waals surface area contributed by atoms with Crippen molar-refractivity contribution in [1.29, 1.82) is 0 Å². The van der Waals surface area contributed by atoms with Crippen LogP contribution in [0.5, 0.6) is 0 Å². The standard InChI is InChI=1S/C16H16BrIN2O2/c17-10-7-12-14(13(18)8-10)19-15(9-3-5-22-6-4-9)20(16(12)21)11-1-2-11/h7-9,11H,1-6H2. The molecule has 2 aliphatic rings. The van der Waals surface area contributed by atoms with Gasteiger partial charge in [-0.25, -0.2) is 4.98 Å². The summed E-state index contributed by atoms with van der Waals surface area (Å²) in [6.07, 6.45) is 4.10. The number of ether oxygens (including phenoxy) is 1. The van der Waals surface area contributed by atoms with E-state index in [9.17, 15) is 4.79 Å². The maximum atomic E-state index is 13.0. The topological polar surface area (TPSA) is 44.1 Å². The fourth-order valence-corrected chi connectivity index (χ4v) is 4.81. The molecule has 2 fully saturated rings. The minimum atomic E-state index is 0.119. The molecule has 116 valence electrons. The van der Waals surface area contributed by atoms with Gasteiger partial charge in [-0.1, -0.05) is 15.9 Å². The first-order chi connectivity index (χ1) is 10.6. The fraction of sp³-hybridized carbons (Fsp3) is 0.500. The van der Waals surface area contributed by atoms with E-state index in [2.05, 4.69) is 38.5 Å². The molecule has 2 aromatic rings. The molecule has 1 aliphatic carbocycles. The second-order valence-corrected chi connectivity index (χ2v) is 8.12. The van der Waals surface area contributed by atoms with Crippen LogP contribution in [-0.2, 0) is 4.74 Å². The maximum Gasteiger partial charge on any atom is 0.261 e. The maximum absolute atomic E-state index is 13.0. The number of aromatic nitrogens is 2. The molecule has 0 bridgehead atoms. The molecule has 0 amide bonds. The highest BCUT2D eigenvalue weighted by molar-refractivity contribution is 14.1. The van der Waals surface area contributed by atoms with Crippen LogP contribution in [0.3, 0.4) is 0 Å². The molecule has 4 rings (SSSR count). The zero-order chi connectivity index (χ0) is 15.3. The highest BCUT2D eigenvalue weighted by Gasteiger charge is 2.32. The summed E-state index contributed by atoms with van der Waals surface area (Å²) in [6, 6.07) is 4.27. The van der Waals surface area contributed by atoms with Crippen molar-refractivity contribution in [2.75, 3.05) is 13.2 Å². The average molecular weight is 475 g/mol. The highest BCUT2D eigenvalue weighted by Crippen LogP contribution is 2.38. The van der Waals surface area contributed by atoms with Crippen molar-refractivity contribution in [2.24, 2.45) is 0 Å². The summed E-state index contributed by atoms with van der Waals surface area (Å²) in [5.74, 6) is 1.31. The zero-order valence-corrected chi connectivity index (χ0v) is 15.8. The minimum Gasteiger partial charge on any atom is -0.381 e. The molecule has 1 saturated carbocycles.